The van der Waals surface area contributed by atoms with Crippen molar-refractivity contribution in [1.29, 1.82) is 0 Å². The Balaban J connectivity index is 1.33. The molecule has 2 aliphatic heterocycles. The Hall–Kier alpha value is -2.78. The number of nitrogens with zero attached hydrogens (tertiary/aromatic N) is 2. The van der Waals surface area contributed by atoms with Crippen molar-refractivity contribution in [1.82, 2.24) is 4.31 Å². The molecule has 0 saturated carbocycles. The summed E-state index contributed by atoms with van der Waals surface area (Å²) in [7, 11) is -3.70. The molecule has 0 bridgehead atoms. The van der Waals surface area contributed by atoms with E-state index in [-0.39, 0.29) is 0 Å². The summed E-state index contributed by atoms with van der Waals surface area (Å²) in [5, 5.41) is 2.64. The van der Waals surface area contributed by atoms with Crippen molar-refractivity contribution in [3.63, 3.8) is 0 Å². The number of aryl methyl sites for hydroxylation is 1. The van der Waals surface area contributed by atoms with E-state index >= 15 is 0 Å². The molecule has 2 aliphatic rings. The number of nitrogens with one attached hydrogen (secondary N) is 1. The van der Waals surface area contributed by atoms with Crippen molar-refractivity contribution >= 4 is 27.3 Å². The van der Waals surface area contributed by atoms with Crippen LogP contribution in [0.25, 0.3) is 0 Å². The molecule has 1 saturated heterocycles. The monoisotopic (exact) mass is 431 g/mol. The fourth-order valence-electron chi connectivity index (χ4n) is 3.62. The topological polar surface area (TPSA) is 88.2 Å². The molecule has 0 radical (unpaired) electrons. The Morgan fingerprint density at radius 2 is 1.73 bits per heavy atom. The van der Waals surface area contributed by atoms with Gasteiger partial charge in [0.1, 0.15) is 19.0 Å². The van der Waals surface area contributed by atoms with Crippen LogP contribution in [0.15, 0.2) is 42.5 Å². The van der Waals surface area contributed by atoms with Gasteiger partial charge in [-0.25, -0.2) is 8.42 Å². The lowest BCUT2D eigenvalue weighted by Crippen LogP contribution is -2.50. The van der Waals surface area contributed by atoms with E-state index in [0.717, 1.165) is 5.69 Å². The molecule has 4 rings (SSSR count). The summed E-state index contributed by atoms with van der Waals surface area (Å²) < 4.78 is 37.8. The van der Waals surface area contributed by atoms with Gasteiger partial charge in [-0.2, -0.15) is 4.31 Å². The van der Waals surface area contributed by atoms with Crippen LogP contribution in [0.3, 0.4) is 0 Å². The molecule has 8 nitrogen and oxygen atoms in total. The molecule has 9 heteroatoms. The predicted molar refractivity (Wildman–Crippen MR) is 115 cm³/mol. The van der Waals surface area contributed by atoms with Gasteiger partial charge in [-0.05, 0) is 36.8 Å². The van der Waals surface area contributed by atoms with E-state index in [1.165, 1.54) is 9.87 Å². The molecule has 2 aromatic rings. The second kappa shape index (κ2) is 8.53. The summed E-state index contributed by atoms with van der Waals surface area (Å²) >= 11 is 0. The van der Waals surface area contributed by atoms with Gasteiger partial charge in [0.15, 0.2) is 11.5 Å². The molecular weight excluding hydrogens is 406 g/mol. The Labute approximate surface area is 176 Å². The minimum Gasteiger partial charge on any atom is -0.486 e. The van der Waals surface area contributed by atoms with Crippen LogP contribution in [-0.2, 0) is 14.8 Å². The number of piperazine rings is 1. The molecule has 0 aromatic heterocycles. The molecule has 1 amide bonds. The summed E-state index contributed by atoms with van der Waals surface area (Å²) in [6.07, 6.45) is 0. The van der Waals surface area contributed by atoms with E-state index < -0.39 is 21.7 Å². The van der Waals surface area contributed by atoms with Gasteiger partial charge in [-0.15, -0.1) is 0 Å². The molecule has 0 spiro atoms. The molecule has 0 unspecified atom stereocenters. The highest BCUT2D eigenvalue weighted by atomic mass is 32.2. The number of hydrogen-bond donors (Lipinski definition) is 1. The Bertz CT molecular complexity index is 1030. The number of amides is 1. The van der Waals surface area contributed by atoms with Crippen LogP contribution in [0.1, 0.15) is 5.56 Å². The first-order valence-electron chi connectivity index (χ1n) is 9.90. The molecule has 0 aliphatic carbocycles. The van der Waals surface area contributed by atoms with Crippen molar-refractivity contribution in [2.45, 2.75) is 6.92 Å². The Kier molecular flexibility index (Phi) is 5.83. The highest BCUT2D eigenvalue weighted by molar-refractivity contribution is 7.89. The number of hydrogen-bond acceptors (Lipinski definition) is 6. The van der Waals surface area contributed by atoms with Gasteiger partial charge in [0.2, 0.25) is 15.9 Å². The van der Waals surface area contributed by atoms with E-state index in [0.29, 0.717) is 56.6 Å². The highest BCUT2D eigenvalue weighted by Gasteiger charge is 2.29. The van der Waals surface area contributed by atoms with Gasteiger partial charge in [0, 0.05) is 43.6 Å². The number of fused-ring (bicyclic) bond motifs is 1. The summed E-state index contributed by atoms with van der Waals surface area (Å²) in [6, 6.07) is 13.1. The van der Waals surface area contributed by atoms with E-state index in [2.05, 4.69) is 16.3 Å². The average molecular weight is 432 g/mol. The van der Waals surface area contributed by atoms with Gasteiger partial charge in [-0.1, -0.05) is 12.1 Å². The predicted octanol–water partition coefficient (Wildman–Crippen LogP) is 1.86. The lowest BCUT2D eigenvalue weighted by atomic mass is 10.2. The molecule has 2 heterocycles. The Morgan fingerprint density at radius 3 is 2.47 bits per heavy atom. The highest BCUT2D eigenvalue weighted by Crippen LogP contribution is 2.32. The second-order valence-electron chi connectivity index (χ2n) is 7.39. The number of carbonyl (C=O) groups excluding carboxylic acids is 1. The first kappa shape index (κ1) is 20.5. The molecule has 2 aromatic carbocycles. The standard InChI is InChI=1S/C21H25N3O5S/c1-16-3-2-4-18(13-16)23-7-9-24(10-8-23)30(26,27)15-21(25)22-17-5-6-19-20(14-17)29-12-11-28-19/h2-6,13-14H,7-12,15H2,1H3,(H,22,25). The zero-order valence-corrected chi connectivity index (χ0v) is 17.7. The van der Waals surface area contributed by atoms with Crippen molar-refractivity contribution in [2.75, 3.05) is 55.4 Å². The maximum atomic E-state index is 12.7. The molecule has 30 heavy (non-hydrogen) atoms. The number of anilines is 2. The van der Waals surface area contributed by atoms with E-state index in [1.54, 1.807) is 18.2 Å². The van der Waals surface area contributed by atoms with Crippen LogP contribution in [0.5, 0.6) is 11.5 Å². The molecular formula is C21H25N3O5S. The van der Waals surface area contributed by atoms with Crippen LogP contribution in [0, 0.1) is 6.92 Å². The average Bonchev–Trinajstić information content (AvgIpc) is 2.73. The minimum absolute atomic E-state index is 0.355. The number of rotatable bonds is 5. The third-order valence-electron chi connectivity index (χ3n) is 5.14. The van der Waals surface area contributed by atoms with Gasteiger partial charge in [0.05, 0.1) is 0 Å². The van der Waals surface area contributed by atoms with Crippen molar-refractivity contribution in [3.05, 3.63) is 48.0 Å². The maximum absolute atomic E-state index is 12.7. The van der Waals surface area contributed by atoms with Gasteiger partial charge >= 0.3 is 0 Å². The molecule has 160 valence electrons. The third kappa shape index (κ3) is 4.68. The van der Waals surface area contributed by atoms with Crippen molar-refractivity contribution in [2.24, 2.45) is 0 Å². The maximum Gasteiger partial charge on any atom is 0.241 e. The van der Waals surface area contributed by atoms with E-state index in [9.17, 15) is 13.2 Å². The van der Waals surface area contributed by atoms with Crippen LogP contribution in [-0.4, -0.2) is 63.8 Å². The number of ether oxygens (including phenoxy) is 2. The lowest BCUT2D eigenvalue weighted by molar-refractivity contribution is -0.113. The largest absolute Gasteiger partial charge is 0.486 e. The summed E-state index contributed by atoms with van der Waals surface area (Å²) in [5.74, 6) is -0.0216. The summed E-state index contributed by atoms with van der Waals surface area (Å²) in [4.78, 5) is 14.5. The molecule has 0 atom stereocenters. The Morgan fingerprint density at radius 1 is 1.00 bits per heavy atom. The molecule has 1 fully saturated rings. The van der Waals surface area contributed by atoms with Gasteiger partial charge < -0.3 is 19.7 Å². The first-order chi connectivity index (χ1) is 14.4. The SMILES string of the molecule is Cc1cccc(N2CCN(S(=O)(=O)CC(=O)Nc3ccc4c(c3)OCCO4)CC2)c1. The number of sulfonamides is 1. The third-order valence-corrected chi connectivity index (χ3v) is 6.92. The number of benzene rings is 2. The second-order valence-corrected chi connectivity index (χ2v) is 9.36. The van der Waals surface area contributed by atoms with Crippen LogP contribution in [0.2, 0.25) is 0 Å². The quantitative estimate of drug-likeness (QED) is 0.778. The number of carbonyl (C=O) groups is 1. The lowest BCUT2D eigenvalue weighted by Gasteiger charge is -2.35. The first-order valence-corrected chi connectivity index (χ1v) is 11.5. The van der Waals surface area contributed by atoms with Crippen molar-refractivity contribution < 1.29 is 22.7 Å². The summed E-state index contributed by atoms with van der Waals surface area (Å²) in [6.45, 7) is 4.84. The smallest absolute Gasteiger partial charge is 0.241 e. The van der Waals surface area contributed by atoms with Crippen LogP contribution >= 0.6 is 0 Å². The summed E-state index contributed by atoms with van der Waals surface area (Å²) in [5.41, 5.74) is 2.73. The van der Waals surface area contributed by atoms with E-state index in [1.807, 2.05) is 25.1 Å². The minimum atomic E-state index is -3.70. The van der Waals surface area contributed by atoms with E-state index in [4.69, 9.17) is 9.47 Å². The van der Waals surface area contributed by atoms with Gasteiger partial charge in [-0.3, -0.25) is 4.79 Å². The van der Waals surface area contributed by atoms with Crippen LogP contribution in [0.4, 0.5) is 11.4 Å². The fraction of sp³-hybridized carbons (Fsp3) is 0.381. The fourth-order valence-corrected chi connectivity index (χ4v) is 4.93. The normalized spacial score (nSPS) is 16.9. The van der Waals surface area contributed by atoms with Gasteiger partial charge in [0.25, 0.3) is 0 Å². The zero-order valence-electron chi connectivity index (χ0n) is 16.8. The van der Waals surface area contributed by atoms with Crippen molar-refractivity contribution in [3.8, 4) is 11.5 Å². The zero-order chi connectivity index (χ0) is 21.1. The van der Waals surface area contributed by atoms with Crippen LogP contribution < -0.4 is 19.7 Å². The molecule has 1 N–H and O–H groups in total.